The van der Waals surface area contributed by atoms with E-state index in [2.05, 4.69) is 20.8 Å². The Labute approximate surface area is 194 Å². The Bertz CT molecular complexity index is 894. The van der Waals surface area contributed by atoms with Crippen molar-refractivity contribution in [2.45, 2.75) is 57.6 Å². The second-order valence-corrected chi connectivity index (χ2v) is 9.38. The summed E-state index contributed by atoms with van der Waals surface area (Å²) in [4.78, 5) is 15.3. The predicted octanol–water partition coefficient (Wildman–Crippen LogP) is 4.13. The van der Waals surface area contributed by atoms with Gasteiger partial charge in [-0.1, -0.05) is 31.4 Å². The van der Waals surface area contributed by atoms with E-state index in [-0.39, 0.29) is 23.3 Å². The number of hydrogen-bond donors (Lipinski definition) is 3. The van der Waals surface area contributed by atoms with Crippen LogP contribution >= 0.6 is 27.3 Å². The van der Waals surface area contributed by atoms with E-state index in [1.807, 2.05) is 24.3 Å². The second-order valence-electron chi connectivity index (χ2n) is 7.57. The van der Waals surface area contributed by atoms with E-state index in [1.165, 1.54) is 24.9 Å². The normalized spacial score (nSPS) is 15.7. The lowest BCUT2D eigenvalue weighted by molar-refractivity contribution is -0.0682. The van der Waals surface area contributed by atoms with E-state index in [9.17, 15) is 9.90 Å². The Morgan fingerprint density at radius 3 is 2.58 bits per heavy atom. The van der Waals surface area contributed by atoms with E-state index in [4.69, 9.17) is 19.7 Å². The van der Waals surface area contributed by atoms with Crippen LogP contribution in [0.2, 0.25) is 0 Å². The molecule has 1 heterocycles. The van der Waals surface area contributed by atoms with Crippen molar-refractivity contribution in [3.63, 3.8) is 0 Å². The number of methoxy groups -OCH3 is 1. The Hall–Kier alpha value is -1.65. The molecule has 0 aliphatic heterocycles. The summed E-state index contributed by atoms with van der Waals surface area (Å²) >= 11 is 4.70. The fourth-order valence-electron chi connectivity index (χ4n) is 3.99. The van der Waals surface area contributed by atoms with Gasteiger partial charge in [-0.3, -0.25) is 0 Å². The van der Waals surface area contributed by atoms with Crippen LogP contribution in [0.3, 0.4) is 0 Å². The summed E-state index contributed by atoms with van der Waals surface area (Å²) in [7, 11) is 1.28. The number of benzene rings is 1. The Balaban J connectivity index is 2.00. The number of carbonyl (C=O) groups excluding carboxylic acids is 1. The van der Waals surface area contributed by atoms with Crippen LogP contribution in [0.25, 0.3) is 10.4 Å². The van der Waals surface area contributed by atoms with Gasteiger partial charge in [-0.15, -0.1) is 11.3 Å². The summed E-state index contributed by atoms with van der Waals surface area (Å²) in [6.45, 7) is 1.40. The van der Waals surface area contributed by atoms with E-state index in [0.717, 1.165) is 41.8 Å². The highest BCUT2D eigenvalue weighted by atomic mass is 79.9. The van der Waals surface area contributed by atoms with Crippen molar-refractivity contribution in [2.24, 2.45) is 0 Å². The number of esters is 1. The van der Waals surface area contributed by atoms with Gasteiger partial charge in [-0.25, -0.2) is 4.79 Å². The van der Waals surface area contributed by atoms with E-state index >= 15 is 0 Å². The fourth-order valence-corrected chi connectivity index (χ4v) is 5.96. The average Bonchev–Trinajstić information content (AvgIpc) is 3.08. The fraction of sp³-hybridized carbons (Fsp3) is 0.500. The third kappa shape index (κ3) is 5.59. The van der Waals surface area contributed by atoms with Crippen molar-refractivity contribution in [3.8, 4) is 16.2 Å². The summed E-state index contributed by atoms with van der Waals surface area (Å²) in [6, 6.07) is 8.10. The molecule has 1 aliphatic carbocycles. The molecule has 0 saturated heterocycles. The lowest BCUT2D eigenvalue weighted by atomic mass is 9.93. The van der Waals surface area contributed by atoms with Gasteiger partial charge >= 0.3 is 5.97 Å². The van der Waals surface area contributed by atoms with Crippen molar-refractivity contribution >= 4 is 38.9 Å². The summed E-state index contributed by atoms with van der Waals surface area (Å²) < 4.78 is 10.9. The minimum absolute atomic E-state index is 0.213. The molecule has 3 rings (SSSR count). The van der Waals surface area contributed by atoms with Gasteiger partial charge in [0.1, 0.15) is 12.8 Å². The molecule has 31 heavy (non-hydrogen) atoms. The topological polar surface area (TPSA) is 99.5 Å². The van der Waals surface area contributed by atoms with Gasteiger partial charge in [0.05, 0.1) is 16.5 Å². The van der Waals surface area contributed by atoms with Crippen molar-refractivity contribution < 1.29 is 29.6 Å². The minimum Gasteiger partial charge on any atom is -0.485 e. The zero-order valence-corrected chi connectivity index (χ0v) is 20.0. The number of ether oxygens (including phenoxy) is 2. The number of nitrogens with zero attached hydrogens (tertiary/aromatic N) is 1. The van der Waals surface area contributed by atoms with Crippen LogP contribution in [0.15, 0.2) is 28.7 Å². The summed E-state index contributed by atoms with van der Waals surface area (Å²) in [6.07, 6.45) is 3.35. The molecule has 1 atom stereocenters. The molecule has 1 aliphatic rings. The maximum absolute atomic E-state index is 12.3. The average molecular weight is 514 g/mol. The Morgan fingerprint density at radius 2 is 1.97 bits per heavy atom. The van der Waals surface area contributed by atoms with Crippen molar-refractivity contribution in [2.75, 3.05) is 18.6 Å². The van der Waals surface area contributed by atoms with Crippen molar-refractivity contribution in [1.82, 2.24) is 0 Å². The number of thiophene rings is 1. The smallest absolute Gasteiger partial charge is 0.351 e. The molecule has 3 N–H and O–H groups in total. The largest absolute Gasteiger partial charge is 0.485 e. The van der Waals surface area contributed by atoms with Gasteiger partial charge in [0.2, 0.25) is 0 Å². The summed E-state index contributed by atoms with van der Waals surface area (Å²) in [5.74, 6) is -0.353. The summed E-state index contributed by atoms with van der Waals surface area (Å²) in [5, 5.41) is 28.8. The van der Waals surface area contributed by atoms with Crippen LogP contribution in [-0.2, 0) is 4.74 Å². The van der Waals surface area contributed by atoms with E-state index in [1.54, 1.807) is 6.92 Å². The third-order valence-corrected chi connectivity index (χ3v) is 7.55. The second kappa shape index (κ2) is 10.8. The summed E-state index contributed by atoms with van der Waals surface area (Å²) in [5.41, 5.74) is 1.76. The molecule has 2 aromatic rings. The molecule has 1 aromatic heterocycles. The van der Waals surface area contributed by atoms with Crippen LogP contribution in [0, 0.1) is 0 Å². The maximum atomic E-state index is 12.3. The molecule has 0 amide bonds. The molecule has 0 radical (unpaired) electrons. The van der Waals surface area contributed by atoms with Crippen LogP contribution in [-0.4, -0.2) is 53.6 Å². The molecular weight excluding hydrogens is 486 g/mol. The zero-order chi connectivity index (χ0) is 22.5. The van der Waals surface area contributed by atoms with Crippen molar-refractivity contribution in [1.29, 1.82) is 0 Å². The van der Waals surface area contributed by atoms with Gasteiger partial charge < -0.3 is 29.7 Å². The van der Waals surface area contributed by atoms with Gasteiger partial charge in [0.25, 0.3) is 0 Å². The van der Waals surface area contributed by atoms with Gasteiger partial charge in [-0.05, 0) is 53.4 Å². The number of aliphatic hydroxyl groups is 3. The monoisotopic (exact) mass is 513 g/mol. The Kier molecular flexibility index (Phi) is 8.35. The third-order valence-electron chi connectivity index (χ3n) is 5.33. The number of aliphatic hydroxyl groups excluding tert-OH is 2. The maximum Gasteiger partial charge on any atom is 0.351 e. The van der Waals surface area contributed by atoms with Gasteiger partial charge in [0.15, 0.2) is 16.9 Å². The highest BCUT2D eigenvalue weighted by Gasteiger charge is 2.27. The molecule has 9 heteroatoms. The quantitative estimate of drug-likeness (QED) is 0.360. The molecule has 1 saturated carbocycles. The molecule has 1 aromatic carbocycles. The molecule has 0 spiro atoms. The molecule has 7 nitrogen and oxygen atoms in total. The minimum atomic E-state index is -1.67. The van der Waals surface area contributed by atoms with Crippen LogP contribution in [0.5, 0.6) is 5.75 Å². The molecule has 170 valence electrons. The van der Waals surface area contributed by atoms with Crippen LogP contribution in [0.4, 0.5) is 5.69 Å². The molecular formula is C22H28BrNO6S. The van der Waals surface area contributed by atoms with Crippen LogP contribution in [0.1, 0.15) is 48.7 Å². The first-order valence-corrected chi connectivity index (χ1v) is 11.9. The van der Waals surface area contributed by atoms with Gasteiger partial charge in [-0.2, -0.15) is 0 Å². The van der Waals surface area contributed by atoms with Crippen molar-refractivity contribution in [3.05, 3.63) is 33.6 Å². The number of anilines is 1. The first kappa shape index (κ1) is 24.0. The number of hydrogen-bond acceptors (Lipinski definition) is 8. The van der Waals surface area contributed by atoms with Crippen LogP contribution < -0.4 is 9.64 Å². The molecule has 0 bridgehead atoms. The number of carbonyl (C=O) groups is 1. The molecule has 1 fully saturated rings. The number of rotatable bonds is 8. The highest BCUT2D eigenvalue weighted by Crippen LogP contribution is 2.46. The standard InChI is InChI=1S/C22H28BrNO6S/c1-13(25)24(15-8-4-3-5-9-15)16-10-6-7-14(11-16)20-18(23)19(30-12-17(26)27)21(31-20)22(28)29-2/h6-7,10-11,13,15,17,25-27H,3-5,8-9,12H2,1-2H3. The van der Waals surface area contributed by atoms with E-state index in [0.29, 0.717) is 4.47 Å². The molecule has 1 unspecified atom stereocenters. The predicted molar refractivity (Wildman–Crippen MR) is 124 cm³/mol. The lowest BCUT2D eigenvalue weighted by Gasteiger charge is -2.38. The van der Waals surface area contributed by atoms with Gasteiger partial charge in [0, 0.05) is 11.7 Å². The first-order chi connectivity index (χ1) is 14.8. The first-order valence-electron chi connectivity index (χ1n) is 10.3. The van der Waals surface area contributed by atoms with E-state index < -0.39 is 18.5 Å². The zero-order valence-electron chi connectivity index (χ0n) is 17.6. The Morgan fingerprint density at radius 1 is 1.26 bits per heavy atom. The SMILES string of the molecule is COC(=O)c1sc(-c2cccc(N(C(C)O)C3CCCCC3)c2)c(Br)c1OCC(O)O. The lowest BCUT2D eigenvalue weighted by Crippen LogP contribution is -2.43. The highest BCUT2D eigenvalue weighted by molar-refractivity contribution is 9.10. The number of halogens is 1.